The van der Waals surface area contributed by atoms with Gasteiger partial charge in [-0.05, 0) is 55.6 Å². The van der Waals surface area contributed by atoms with Gasteiger partial charge in [0.05, 0.1) is 5.56 Å². The Kier molecular flexibility index (Phi) is 8.68. The molecule has 0 atom stereocenters. The van der Waals surface area contributed by atoms with Gasteiger partial charge in [0.25, 0.3) is 5.56 Å². The standard InChI is InChI=1S/C24H29FN6O2/c1-16-5-2-3-6-17(16)9-12-28-24(33)31-23-29-15-20(22(32)30-23)18-7-8-19(21(25)13-18)14-27-11-4-10-26/h2-3,5-8,13,15,27H,4,9-12,14,26H2,1H3,(H3,28,29,30,31,32,33). The van der Waals surface area contributed by atoms with Gasteiger partial charge in [-0.15, -0.1) is 0 Å². The van der Waals surface area contributed by atoms with E-state index < -0.39 is 17.4 Å². The lowest BCUT2D eigenvalue weighted by atomic mass is 10.1. The summed E-state index contributed by atoms with van der Waals surface area (Å²) in [6, 6.07) is 12.1. The number of nitrogens with zero attached hydrogens (tertiary/aromatic N) is 1. The van der Waals surface area contributed by atoms with Crippen molar-refractivity contribution in [1.29, 1.82) is 0 Å². The van der Waals surface area contributed by atoms with E-state index in [0.717, 1.165) is 17.5 Å². The van der Waals surface area contributed by atoms with E-state index in [1.54, 1.807) is 12.1 Å². The fourth-order valence-corrected chi connectivity index (χ4v) is 3.33. The van der Waals surface area contributed by atoms with Gasteiger partial charge in [0.15, 0.2) is 0 Å². The van der Waals surface area contributed by atoms with Crippen LogP contribution in [0.15, 0.2) is 53.5 Å². The third-order valence-electron chi connectivity index (χ3n) is 5.21. The molecule has 1 aromatic heterocycles. The molecule has 3 rings (SSSR count). The average Bonchev–Trinajstić information content (AvgIpc) is 2.79. The van der Waals surface area contributed by atoms with Crippen molar-refractivity contribution in [3.05, 3.63) is 81.5 Å². The minimum absolute atomic E-state index is 0.0123. The number of anilines is 1. The number of urea groups is 1. The lowest BCUT2D eigenvalue weighted by molar-refractivity contribution is 0.252. The third kappa shape index (κ3) is 6.96. The van der Waals surface area contributed by atoms with E-state index in [1.807, 2.05) is 31.2 Å². The summed E-state index contributed by atoms with van der Waals surface area (Å²) in [6.45, 7) is 4.11. The number of amides is 2. The highest BCUT2D eigenvalue weighted by molar-refractivity contribution is 5.87. The van der Waals surface area contributed by atoms with Gasteiger partial charge in [-0.2, -0.15) is 4.98 Å². The number of nitrogens with one attached hydrogen (secondary N) is 4. The van der Waals surface area contributed by atoms with Crippen molar-refractivity contribution in [1.82, 2.24) is 20.6 Å². The average molecular weight is 453 g/mol. The molecule has 174 valence electrons. The Morgan fingerprint density at radius 1 is 1.15 bits per heavy atom. The van der Waals surface area contributed by atoms with Crippen LogP contribution in [0.25, 0.3) is 11.1 Å². The molecule has 0 radical (unpaired) electrons. The van der Waals surface area contributed by atoms with Crippen LogP contribution in [0.3, 0.4) is 0 Å². The molecule has 2 amide bonds. The molecule has 0 saturated heterocycles. The largest absolute Gasteiger partial charge is 0.337 e. The molecule has 2 aromatic carbocycles. The summed E-state index contributed by atoms with van der Waals surface area (Å²) in [4.78, 5) is 31.2. The molecule has 0 aliphatic heterocycles. The fraction of sp³-hybridized carbons (Fsp3) is 0.292. The van der Waals surface area contributed by atoms with Gasteiger partial charge < -0.3 is 21.4 Å². The summed E-state index contributed by atoms with van der Waals surface area (Å²) in [5.41, 5.74) is 8.30. The molecule has 0 spiro atoms. The van der Waals surface area contributed by atoms with Crippen LogP contribution in [0.1, 0.15) is 23.1 Å². The van der Waals surface area contributed by atoms with Gasteiger partial charge in [0.2, 0.25) is 5.95 Å². The Labute approximate surface area is 191 Å². The molecule has 33 heavy (non-hydrogen) atoms. The first-order valence-electron chi connectivity index (χ1n) is 10.9. The summed E-state index contributed by atoms with van der Waals surface area (Å²) >= 11 is 0. The molecule has 0 saturated carbocycles. The summed E-state index contributed by atoms with van der Waals surface area (Å²) in [5.74, 6) is -0.402. The van der Waals surface area contributed by atoms with Gasteiger partial charge in [0.1, 0.15) is 5.82 Å². The van der Waals surface area contributed by atoms with E-state index in [2.05, 4.69) is 25.9 Å². The first-order valence-corrected chi connectivity index (χ1v) is 10.9. The fourth-order valence-electron chi connectivity index (χ4n) is 3.33. The maximum atomic E-state index is 14.4. The smallest absolute Gasteiger partial charge is 0.321 e. The minimum atomic E-state index is -0.572. The van der Waals surface area contributed by atoms with E-state index in [4.69, 9.17) is 5.73 Å². The zero-order chi connectivity index (χ0) is 23.6. The Hall–Kier alpha value is -3.56. The SMILES string of the molecule is Cc1ccccc1CCNC(=O)Nc1nc(=O)c(-c2ccc(CNCCCN)c(F)c2)c[nH]1. The summed E-state index contributed by atoms with van der Waals surface area (Å²) in [5, 5.41) is 8.36. The number of aromatic amines is 1. The van der Waals surface area contributed by atoms with Gasteiger partial charge in [0, 0.05) is 24.8 Å². The van der Waals surface area contributed by atoms with Gasteiger partial charge >= 0.3 is 6.03 Å². The monoisotopic (exact) mass is 452 g/mol. The Balaban J connectivity index is 1.57. The van der Waals surface area contributed by atoms with Crippen molar-refractivity contribution in [2.75, 3.05) is 25.0 Å². The number of H-pyrrole nitrogens is 1. The van der Waals surface area contributed by atoms with Crippen molar-refractivity contribution in [3.8, 4) is 11.1 Å². The number of hydrogen-bond donors (Lipinski definition) is 5. The molecular formula is C24H29FN6O2. The second kappa shape index (κ2) is 11.9. The van der Waals surface area contributed by atoms with Crippen molar-refractivity contribution < 1.29 is 9.18 Å². The molecule has 0 bridgehead atoms. The number of aromatic nitrogens is 2. The van der Waals surface area contributed by atoms with E-state index in [1.165, 1.54) is 12.3 Å². The second-order valence-electron chi connectivity index (χ2n) is 7.65. The quantitative estimate of drug-likeness (QED) is 0.303. The first-order chi connectivity index (χ1) is 16.0. The van der Waals surface area contributed by atoms with Gasteiger partial charge in [-0.25, -0.2) is 9.18 Å². The van der Waals surface area contributed by atoms with Gasteiger partial charge in [-0.3, -0.25) is 10.1 Å². The summed E-state index contributed by atoms with van der Waals surface area (Å²) in [7, 11) is 0. The normalized spacial score (nSPS) is 10.8. The predicted molar refractivity (Wildman–Crippen MR) is 128 cm³/mol. The zero-order valence-electron chi connectivity index (χ0n) is 18.6. The molecule has 3 aromatic rings. The van der Waals surface area contributed by atoms with E-state index in [9.17, 15) is 14.0 Å². The highest BCUT2D eigenvalue weighted by atomic mass is 19.1. The first kappa shape index (κ1) is 24.1. The number of carbonyl (C=O) groups is 1. The van der Waals surface area contributed by atoms with Crippen LogP contribution >= 0.6 is 0 Å². The number of halogens is 1. The Bertz CT molecular complexity index is 1150. The molecule has 0 aliphatic carbocycles. The highest BCUT2D eigenvalue weighted by Gasteiger charge is 2.11. The van der Waals surface area contributed by atoms with Crippen LogP contribution < -0.4 is 27.2 Å². The molecule has 1 heterocycles. The predicted octanol–water partition coefficient (Wildman–Crippen LogP) is 2.69. The van der Waals surface area contributed by atoms with E-state index >= 15 is 0 Å². The molecule has 8 nitrogen and oxygen atoms in total. The summed E-state index contributed by atoms with van der Waals surface area (Å²) in [6.07, 6.45) is 2.91. The van der Waals surface area contributed by atoms with Crippen LogP contribution in [-0.2, 0) is 13.0 Å². The maximum absolute atomic E-state index is 14.4. The number of benzene rings is 2. The molecule has 9 heteroatoms. The Morgan fingerprint density at radius 3 is 2.70 bits per heavy atom. The van der Waals surface area contributed by atoms with Crippen molar-refractivity contribution in [2.45, 2.75) is 26.3 Å². The van der Waals surface area contributed by atoms with Crippen molar-refractivity contribution in [3.63, 3.8) is 0 Å². The number of nitrogens with two attached hydrogens (primary N) is 1. The van der Waals surface area contributed by atoms with Crippen LogP contribution in [0.4, 0.5) is 15.1 Å². The van der Waals surface area contributed by atoms with Crippen molar-refractivity contribution in [2.24, 2.45) is 5.73 Å². The van der Waals surface area contributed by atoms with Crippen LogP contribution in [0.5, 0.6) is 0 Å². The van der Waals surface area contributed by atoms with E-state index in [-0.39, 0.29) is 11.5 Å². The molecule has 6 N–H and O–H groups in total. The molecule has 0 fully saturated rings. The third-order valence-corrected chi connectivity index (χ3v) is 5.21. The van der Waals surface area contributed by atoms with Crippen LogP contribution in [-0.4, -0.2) is 35.6 Å². The van der Waals surface area contributed by atoms with Gasteiger partial charge in [-0.1, -0.05) is 36.4 Å². The minimum Gasteiger partial charge on any atom is -0.337 e. The lowest BCUT2D eigenvalue weighted by Crippen LogP contribution is -2.32. The van der Waals surface area contributed by atoms with Crippen LogP contribution in [0, 0.1) is 12.7 Å². The molecule has 0 unspecified atom stereocenters. The number of rotatable bonds is 10. The maximum Gasteiger partial charge on any atom is 0.321 e. The Morgan fingerprint density at radius 2 is 1.97 bits per heavy atom. The zero-order valence-corrected chi connectivity index (χ0v) is 18.6. The number of carbonyl (C=O) groups excluding carboxylic acids is 1. The highest BCUT2D eigenvalue weighted by Crippen LogP contribution is 2.19. The van der Waals surface area contributed by atoms with Crippen LogP contribution in [0.2, 0.25) is 0 Å². The molecule has 0 aliphatic rings. The molecular weight excluding hydrogens is 423 g/mol. The number of hydrogen-bond acceptors (Lipinski definition) is 5. The van der Waals surface area contributed by atoms with E-state index in [0.29, 0.717) is 43.7 Å². The topological polar surface area (TPSA) is 125 Å². The second-order valence-corrected chi connectivity index (χ2v) is 7.65. The van der Waals surface area contributed by atoms with Crippen molar-refractivity contribution >= 4 is 12.0 Å². The summed E-state index contributed by atoms with van der Waals surface area (Å²) < 4.78 is 14.4. The number of aryl methyl sites for hydroxylation is 1. The lowest BCUT2D eigenvalue weighted by Gasteiger charge is -2.09.